The van der Waals surface area contributed by atoms with Crippen LogP contribution >= 0.6 is 45.2 Å². The molecule has 7 heteroatoms. The summed E-state index contributed by atoms with van der Waals surface area (Å²) in [5.41, 5.74) is 0.0810. The van der Waals surface area contributed by atoms with Gasteiger partial charge >= 0.3 is 5.97 Å². The molecular weight excluding hydrogens is 526 g/mol. The van der Waals surface area contributed by atoms with E-state index in [1.165, 1.54) is 6.07 Å². The Kier molecular flexibility index (Phi) is 6.90. The number of aliphatic hydroxyl groups is 1. The molecule has 0 amide bonds. The smallest absolute Gasteiger partial charge is 0.342 e. The number of benzene rings is 2. The number of ether oxygens (including phenoxy) is 2. The van der Waals surface area contributed by atoms with Crippen molar-refractivity contribution in [3.8, 4) is 11.5 Å². The Morgan fingerprint density at radius 2 is 1.83 bits per heavy atom. The molecule has 0 saturated carbocycles. The van der Waals surface area contributed by atoms with E-state index < -0.39 is 12.1 Å². The lowest BCUT2D eigenvalue weighted by Crippen LogP contribution is -2.25. The van der Waals surface area contributed by atoms with E-state index in [4.69, 9.17) is 9.47 Å². The number of hydrogen-bond donors (Lipinski definition) is 2. The van der Waals surface area contributed by atoms with Crippen molar-refractivity contribution in [3.63, 3.8) is 0 Å². The second-order valence-electron chi connectivity index (χ2n) is 4.66. The number of phenols is 1. The number of carbonyl (C=O) groups excluding carboxylic acids is 1. The third kappa shape index (κ3) is 5.50. The fourth-order valence-electron chi connectivity index (χ4n) is 1.73. The van der Waals surface area contributed by atoms with Crippen LogP contribution in [0.15, 0.2) is 42.5 Å². The average molecular weight is 540 g/mol. The summed E-state index contributed by atoms with van der Waals surface area (Å²) in [7, 11) is 0. The lowest BCUT2D eigenvalue weighted by molar-refractivity contribution is 0.0128. The normalized spacial score (nSPS) is 11.8. The topological polar surface area (TPSA) is 76.0 Å². The zero-order valence-corrected chi connectivity index (χ0v) is 16.2. The predicted molar refractivity (Wildman–Crippen MR) is 102 cm³/mol. The molecule has 0 aliphatic carbocycles. The highest BCUT2D eigenvalue weighted by atomic mass is 127. The van der Waals surface area contributed by atoms with Gasteiger partial charge in [0, 0.05) is 3.57 Å². The summed E-state index contributed by atoms with van der Waals surface area (Å²) in [5.74, 6) is -0.175. The number of rotatable bonds is 6. The van der Waals surface area contributed by atoms with Gasteiger partial charge in [-0.1, -0.05) is 18.2 Å². The molecule has 0 radical (unpaired) electrons. The largest absolute Gasteiger partial charge is 0.506 e. The summed E-state index contributed by atoms with van der Waals surface area (Å²) in [6.07, 6.45) is -0.955. The molecule has 5 nitrogen and oxygen atoms in total. The van der Waals surface area contributed by atoms with Crippen LogP contribution in [-0.2, 0) is 4.74 Å². The monoisotopic (exact) mass is 540 g/mol. The van der Waals surface area contributed by atoms with Crippen LogP contribution in [0.2, 0.25) is 0 Å². The summed E-state index contributed by atoms with van der Waals surface area (Å²) in [6.45, 7) is -0.208. The molecule has 2 rings (SSSR count). The number of para-hydroxylation sites is 1. The molecule has 0 saturated heterocycles. The lowest BCUT2D eigenvalue weighted by Gasteiger charge is -2.13. The minimum Gasteiger partial charge on any atom is -0.506 e. The van der Waals surface area contributed by atoms with Crippen molar-refractivity contribution in [1.82, 2.24) is 0 Å². The zero-order chi connectivity index (χ0) is 16.8. The maximum Gasteiger partial charge on any atom is 0.342 e. The SMILES string of the molecule is O=C(OCC(O)COc1ccccc1)c1cc(I)cc(I)c1O. The Morgan fingerprint density at radius 1 is 1.13 bits per heavy atom. The second kappa shape index (κ2) is 8.69. The van der Waals surface area contributed by atoms with Crippen LogP contribution in [0.3, 0.4) is 0 Å². The van der Waals surface area contributed by atoms with Gasteiger partial charge in [-0.2, -0.15) is 0 Å². The van der Waals surface area contributed by atoms with Gasteiger partial charge in [0.15, 0.2) is 0 Å². The average Bonchev–Trinajstić information content (AvgIpc) is 2.55. The number of phenolic OH excluding ortho intramolecular Hbond substituents is 1. The molecule has 23 heavy (non-hydrogen) atoms. The van der Waals surface area contributed by atoms with Crippen molar-refractivity contribution in [3.05, 3.63) is 55.2 Å². The van der Waals surface area contributed by atoms with Crippen LogP contribution in [-0.4, -0.2) is 35.5 Å². The molecule has 0 aromatic heterocycles. The molecule has 0 aliphatic heterocycles. The molecule has 0 bridgehead atoms. The van der Waals surface area contributed by atoms with E-state index in [1.54, 1.807) is 18.2 Å². The molecule has 2 aromatic rings. The second-order valence-corrected chi connectivity index (χ2v) is 7.07. The maximum absolute atomic E-state index is 12.0. The van der Waals surface area contributed by atoms with E-state index in [0.29, 0.717) is 9.32 Å². The van der Waals surface area contributed by atoms with E-state index in [0.717, 1.165) is 3.57 Å². The first kappa shape index (κ1) is 18.3. The van der Waals surface area contributed by atoms with E-state index in [-0.39, 0.29) is 24.5 Å². The molecular formula is C16H14I2O5. The Labute approximate surface area is 160 Å². The summed E-state index contributed by atoms with van der Waals surface area (Å²) in [6, 6.07) is 12.3. The van der Waals surface area contributed by atoms with Gasteiger partial charge in [-0.05, 0) is 69.4 Å². The number of esters is 1. The van der Waals surface area contributed by atoms with Crippen LogP contribution in [0.25, 0.3) is 0 Å². The standard InChI is InChI=1S/C16H14I2O5/c17-10-6-13(15(20)14(18)7-10)16(21)23-9-11(19)8-22-12-4-2-1-3-5-12/h1-7,11,19-20H,8-9H2. The Morgan fingerprint density at radius 3 is 2.52 bits per heavy atom. The summed E-state index contributed by atoms with van der Waals surface area (Å²) >= 11 is 3.99. The Balaban J connectivity index is 1.87. The molecule has 122 valence electrons. The van der Waals surface area contributed by atoms with Gasteiger partial charge in [-0.3, -0.25) is 0 Å². The number of carbonyl (C=O) groups is 1. The molecule has 2 N–H and O–H groups in total. The third-order valence-electron chi connectivity index (χ3n) is 2.84. The highest BCUT2D eigenvalue weighted by molar-refractivity contribution is 14.1. The van der Waals surface area contributed by atoms with Crippen molar-refractivity contribution in [2.24, 2.45) is 0 Å². The van der Waals surface area contributed by atoms with Gasteiger partial charge in [0.1, 0.15) is 36.4 Å². The van der Waals surface area contributed by atoms with Crippen LogP contribution in [0.4, 0.5) is 0 Å². The van der Waals surface area contributed by atoms with Crippen LogP contribution < -0.4 is 4.74 Å². The summed E-state index contributed by atoms with van der Waals surface area (Å²) < 4.78 is 11.8. The van der Waals surface area contributed by atoms with Gasteiger partial charge in [-0.15, -0.1) is 0 Å². The van der Waals surface area contributed by atoms with Gasteiger partial charge in [-0.25, -0.2) is 4.79 Å². The van der Waals surface area contributed by atoms with Crippen LogP contribution in [0.1, 0.15) is 10.4 Å². The highest BCUT2D eigenvalue weighted by Gasteiger charge is 2.18. The van der Waals surface area contributed by atoms with Gasteiger partial charge in [0.05, 0.1) is 3.57 Å². The summed E-state index contributed by atoms with van der Waals surface area (Å²) in [4.78, 5) is 12.0. The molecule has 0 fully saturated rings. The minimum absolute atomic E-state index is 0.00708. The molecule has 0 aliphatic rings. The minimum atomic E-state index is -0.955. The molecule has 1 atom stereocenters. The Bertz CT molecular complexity index is 676. The maximum atomic E-state index is 12.0. The number of aromatic hydroxyl groups is 1. The van der Waals surface area contributed by atoms with Gasteiger partial charge < -0.3 is 19.7 Å². The van der Waals surface area contributed by atoms with E-state index in [9.17, 15) is 15.0 Å². The quantitative estimate of drug-likeness (QED) is 0.435. The molecule has 0 spiro atoms. The van der Waals surface area contributed by atoms with E-state index >= 15 is 0 Å². The molecule has 0 heterocycles. The third-order valence-corrected chi connectivity index (χ3v) is 4.29. The Hall–Kier alpha value is -1.07. The summed E-state index contributed by atoms with van der Waals surface area (Å²) in [5, 5.41) is 19.7. The first-order valence-corrected chi connectivity index (χ1v) is 8.84. The van der Waals surface area contributed by atoms with Crippen LogP contribution in [0, 0.1) is 7.14 Å². The number of halogens is 2. The van der Waals surface area contributed by atoms with Crippen molar-refractivity contribution in [1.29, 1.82) is 0 Å². The number of hydrogen-bond acceptors (Lipinski definition) is 5. The van der Waals surface area contributed by atoms with E-state index in [2.05, 4.69) is 0 Å². The van der Waals surface area contributed by atoms with Crippen molar-refractivity contribution >= 4 is 51.2 Å². The lowest BCUT2D eigenvalue weighted by atomic mass is 10.2. The zero-order valence-electron chi connectivity index (χ0n) is 11.9. The van der Waals surface area contributed by atoms with Crippen molar-refractivity contribution in [2.75, 3.05) is 13.2 Å². The van der Waals surface area contributed by atoms with Gasteiger partial charge in [0.25, 0.3) is 0 Å². The fourth-order valence-corrected chi connectivity index (χ4v) is 3.57. The molecule has 2 aromatic carbocycles. The van der Waals surface area contributed by atoms with Crippen LogP contribution in [0.5, 0.6) is 11.5 Å². The molecule has 1 unspecified atom stereocenters. The predicted octanol–water partition coefficient (Wildman–Crippen LogP) is 3.20. The first-order valence-electron chi connectivity index (χ1n) is 6.68. The van der Waals surface area contributed by atoms with Gasteiger partial charge in [0.2, 0.25) is 0 Å². The van der Waals surface area contributed by atoms with E-state index in [1.807, 2.05) is 63.4 Å². The highest BCUT2D eigenvalue weighted by Crippen LogP contribution is 2.27. The number of aliphatic hydroxyl groups excluding tert-OH is 1. The van der Waals surface area contributed by atoms with Crippen molar-refractivity contribution < 1.29 is 24.5 Å². The first-order chi connectivity index (χ1) is 11.0. The van der Waals surface area contributed by atoms with Crippen molar-refractivity contribution in [2.45, 2.75) is 6.10 Å². The fraction of sp³-hybridized carbons (Fsp3) is 0.188.